The van der Waals surface area contributed by atoms with Gasteiger partial charge in [-0.3, -0.25) is 0 Å². The number of methoxy groups -OCH3 is 2. The molecule has 0 atom stereocenters. The van der Waals surface area contributed by atoms with Crippen LogP contribution in [0.5, 0.6) is 5.75 Å². The first-order valence-corrected chi connectivity index (χ1v) is 4.89. The fraction of sp³-hybridized carbons (Fsp3) is 0.222. The monoisotopic (exact) mass is 278 g/mol. The molecule has 0 bridgehead atoms. The van der Waals surface area contributed by atoms with Gasteiger partial charge in [-0.1, -0.05) is 11.6 Å². The number of esters is 1. The summed E-state index contributed by atoms with van der Waals surface area (Å²) >= 11 is 9.18. The van der Waals surface area contributed by atoms with Crippen molar-refractivity contribution in [2.45, 2.75) is 0 Å². The third-order valence-electron chi connectivity index (χ3n) is 1.66. The fourth-order valence-corrected chi connectivity index (χ4v) is 1.91. The number of benzene rings is 1. The molecule has 0 aliphatic rings. The second-order valence-electron chi connectivity index (χ2n) is 2.43. The van der Waals surface area contributed by atoms with Crippen LogP contribution in [0.15, 0.2) is 16.6 Å². The van der Waals surface area contributed by atoms with Crippen LogP contribution in [0.25, 0.3) is 0 Å². The van der Waals surface area contributed by atoms with Gasteiger partial charge in [0.2, 0.25) is 0 Å². The third-order valence-corrected chi connectivity index (χ3v) is 2.66. The number of carbonyl (C=O) groups excluding carboxylic acids is 1. The lowest BCUT2D eigenvalue weighted by atomic mass is 10.2. The first kappa shape index (κ1) is 11.3. The van der Waals surface area contributed by atoms with Crippen molar-refractivity contribution >= 4 is 33.5 Å². The number of carbonyl (C=O) groups is 1. The molecular weight excluding hydrogens is 271 g/mol. The Morgan fingerprint density at radius 2 is 2.07 bits per heavy atom. The lowest BCUT2D eigenvalue weighted by Crippen LogP contribution is -2.03. The van der Waals surface area contributed by atoms with Gasteiger partial charge in [0.05, 0.1) is 29.3 Å². The minimum atomic E-state index is -0.485. The Labute approximate surface area is 95.1 Å². The molecule has 0 unspecified atom stereocenters. The number of halogens is 2. The summed E-state index contributed by atoms with van der Waals surface area (Å²) in [4.78, 5) is 11.2. The Kier molecular flexibility index (Phi) is 3.77. The molecule has 14 heavy (non-hydrogen) atoms. The summed E-state index contributed by atoms with van der Waals surface area (Å²) in [6, 6.07) is 3.25. The number of hydrogen-bond donors (Lipinski definition) is 0. The summed E-state index contributed by atoms with van der Waals surface area (Å²) in [6.45, 7) is 0. The van der Waals surface area contributed by atoms with E-state index in [4.69, 9.17) is 16.3 Å². The lowest BCUT2D eigenvalue weighted by molar-refractivity contribution is 0.0600. The Morgan fingerprint density at radius 1 is 1.43 bits per heavy atom. The molecule has 0 N–H and O–H groups in total. The van der Waals surface area contributed by atoms with E-state index in [0.29, 0.717) is 10.2 Å². The zero-order valence-electron chi connectivity index (χ0n) is 7.64. The zero-order chi connectivity index (χ0) is 10.7. The maximum atomic E-state index is 11.2. The van der Waals surface area contributed by atoms with Gasteiger partial charge >= 0.3 is 5.97 Å². The van der Waals surface area contributed by atoms with E-state index in [1.54, 1.807) is 12.1 Å². The van der Waals surface area contributed by atoms with Gasteiger partial charge in [0.15, 0.2) is 5.75 Å². The van der Waals surface area contributed by atoms with Crippen molar-refractivity contribution in [3.05, 3.63) is 27.2 Å². The number of hydrogen-bond acceptors (Lipinski definition) is 3. The lowest BCUT2D eigenvalue weighted by Gasteiger charge is -2.08. The first-order valence-electron chi connectivity index (χ1n) is 3.72. The highest BCUT2D eigenvalue weighted by molar-refractivity contribution is 9.10. The predicted octanol–water partition coefficient (Wildman–Crippen LogP) is 2.90. The molecule has 3 nitrogen and oxygen atoms in total. The van der Waals surface area contributed by atoms with Crippen molar-refractivity contribution in [1.82, 2.24) is 0 Å². The van der Waals surface area contributed by atoms with Crippen LogP contribution >= 0.6 is 27.5 Å². The van der Waals surface area contributed by atoms with Crippen LogP contribution in [-0.4, -0.2) is 20.2 Å². The van der Waals surface area contributed by atoms with Crippen LogP contribution in [0.2, 0.25) is 5.02 Å². The van der Waals surface area contributed by atoms with Crippen LogP contribution in [-0.2, 0) is 4.74 Å². The van der Waals surface area contributed by atoms with Crippen LogP contribution in [0.4, 0.5) is 0 Å². The SMILES string of the molecule is COC(=O)c1ccc(Br)c(OC)c1Cl. The summed E-state index contributed by atoms with van der Waals surface area (Å²) in [5.74, 6) is -0.0598. The van der Waals surface area contributed by atoms with Crippen LogP contribution in [0.1, 0.15) is 10.4 Å². The van der Waals surface area contributed by atoms with Gasteiger partial charge in [-0.05, 0) is 28.1 Å². The molecule has 0 spiro atoms. The van der Waals surface area contributed by atoms with Gasteiger partial charge in [0, 0.05) is 0 Å². The third kappa shape index (κ3) is 2.01. The maximum absolute atomic E-state index is 11.2. The topological polar surface area (TPSA) is 35.5 Å². The molecule has 0 radical (unpaired) electrons. The molecule has 0 saturated heterocycles. The van der Waals surface area contributed by atoms with E-state index in [0.717, 1.165) is 0 Å². The van der Waals surface area contributed by atoms with Crippen molar-refractivity contribution < 1.29 is 14.3 Å². The summed E-state index contributed by atoms with van der Waals surface area (Å²) in [5.41, 5.74) is 0.286. The Bertz CT molecular complexity index is 365. The first-order chi connectivity index (χ1) is 6.61. The Morgan fingerprint density at radius 3 is 2.57 bits per heavy atom. The normalized spacial score (nSPS) is 9.71. The fourth-order valence-electron chi connectivity index (χ4n) is 0.987. The van der Waals surface area contributed by atoms with Crippen LogP contribution < -0.4 is 4.74 Å². The average Bonchev–Trinajstić information content (AvgIpc) is 2.18. The minimum absolute atomic E-state index is 0.244. The molecule has 1 aromatic rings. The van der Waals surface area contributed by atoms with E-state index >= 15 is 0 Å². The Hall–Kier alpha value is -0.740. The second kappa shape index (κ2) is 4.66. The van der Waals surface area contributed by atoms with Crippen LogP contribution in [0.3, 0.4) is 0 Å². The zero-order valence-corrected chi connectivity index (χ0v) is 9.98. The van der Waals surface area contributed by atoms with Gasteiger partial charge in [0.1, 0.15) is 0 Å². The summed E-state index contributed by atoms with van der Waals surface area (Å²) in [7, 11) is 2.78. The smallest absolute Gasteiger partial charge is 0.339 e. The second-order valence-corrected chi connectivity index (χ2v) is 3.67. The van der Waals surface area contributed by atoms with E-state index in [1.165, 1.54) is 14.2 Å². The number of ether oxygens (including phenoxy) is 2. The van der Waals surface area contributed by atoms with Gasteiger partial charge < -0.3 is 9.47 Å². The summed E-state index contributed by atoms with van der Waals surface area (Å²) < 4.78 is 10.3. The van der Waals surface area contributed by atoms with Crippen LogP contribution in [0, 0.1) is 0 Å². The highest BCUT2D eigenvalue weighted by Gasteiger charge is 2.16. The van der Waals surface area contributed by atoms with E-state index in [1.807, 2.05) is 0 Å². The molecule has 5 heteroatoms. The van der Waals surface area contributed by atoms with Gasteiger partial charge in [-0.25, -0.2) is 4.79 Å². The van der Waals surface area contributed by atoms with E-state index in [2.05, 4.69) is 20.7 Å². The molecule has 0 heterocycles. The van der Waals surface area contributed by atoms with Crippen molar-refractivity contribution in [1.29, 1.82) is 0 Å². The minimum Gasteiger partial charge on any atom is -0.494 e. The van der Waals surface area contributed by atoms with E-state index < -0.39 is 5.97 Å². The van der Waals surface area contributed by atoms with Crippen molar-refractivity contribution in [2.75, 3.05) is 14.2 Å². The molecule has 1 aromatic carbocycles. The average molecular weight is 280 g/mol. The quantitative estimate of drug-likeness (QED) is 0.781. The largest absolute Gasteiger partial charge is 0.494 e. The van der Waals surface area contributed by atoms with Gasteiger partial charge in [-0.2, -0.15) is 0 Å². The highest BCUT2D eigenvalue weighted by atomic mass is 79.9. The molecular formula is C9H8BrClO3. The highest BCUT2D eigenvalue weighted by Crippen LogP contribution is 2.35. The Balaban J connectivity index is 3.28. The molecule has 0 fully saturated rings. The summed E-state index contributed by atoms with van der Waals surface area (Å²) in [6.07, 6.45) is 0. The summed E-state index contributed by atoms with van der Waals surface area (Å²) in [5, 5.41) is 0.244. The maximum Gasteiger partial charge on any atom is 0.339 e. The van der Waals surface area contributed by atoms with E-state index in [-0.39, 0.29) is 10.6 Å². The standard InChI is InChI=1S/C9H8BrClO3/c1-13-8-6(10)4-3-5(7(8)11)9(12)14-2/h3-4H,1-2H3. The van der Waals surface area contributed by atoms with Gasteiger partial charge in [0.25, 0.3) is 0 Å². The molecule has 1 rings (SSSR count). The van der Waals surface area contributed by atoms with Crippen molar-refractivity contribution in [3.8, 4) is 5.75 Å². The van der Waals surface area contributed by atoms with Gasteiger partial charge in [-0.15, -0.1) is 0 Å². The molecule has 0 aliphatic carbocycles. The molecule has 76 valence electrons. The van der Waals surface area contributed by atoms with E-state index in [9.17, 15) is 4.79 Å². The molecule has 0 saturated carbocycles. The molecule has 0 aromatic heterocycles. The molecule has 0 amide bonds. The van der Waals surface area contributed by atoms with Crippen molar-refractivity contribution in [2.24, 2.45) is 0 Å². The predicted molar refractivity (Wildman–Crippen MR) is 57.0 cm³/mol. The molecule has 0 aliphatic heterocycles. The van der Waals surface area contributed by atoms with Crippen molar-refractivity contribution in [3.63, 3.8) is 0 Å². The number of rotatable bonds is 2.